The third-order valence-corrected chi connectivity index (χ3v) is 3.43. The maximum Gasteiger partial charge on any atom is 0.144 e. The molecule has 2 rings (SSSR count). The van der Waals surface area contributed by atoms with Crippen LogP contribution in [0.5, 0.6) is 0 Å². The number of hydrogen-bond acceptors (Lipinski definition) is 4. The Morgan fingerprint density at radius 3 is 2.47 bits per heavy atom. The van der Waals surface area contributed by atoms with Crippen LogP contribution >= 0.6 is 11.3 Å². The molecule has 0 fully saturated rings. The Bertz CT molecular complexity index is 493. The van der Waals surface area contributed by atoms with Crippen LogP contribution in [0.1, 0.15) is 5.56 Å². The highest BCUT2D eigenvalue weighted by Gasteiger charge is 1.99. The zero-order valence-corrected chi connectivity index (χ0v) is 9.50. The second kappa shape index (κ2) is 4.55. The molecule has 0 aliphatic rings. The van der Waals surface area contributed by atoms with Gasteiger partial charge in [0.1, 0.15) is 10.7 Å². The van der Waals surface area contributed by atoms with E-state index in [9.17, 15) is 8.42 Å². The number of benzene rings is 1. The topological polar surface area (TPSA) is 47.0 Å². The van der Waals surface area contributed by atoms with Crippen molar-refractivity contribution >= 4 is 22.0 Å². The van der Waals surface area contributed by atoms with Gasteiger partial charge in [-0.2, -0.15) is 0 Å². The van der Waals surface area contributed by atoms with E-state index in [2.05, 4.69) is 4.98 Å². The molecule has 2 aromatic rings. The molecule has 3 nitrogen and oxygen atoms in total. The summed E-state index contributed by atoms with van der Waals surface area (Å²) in [6.45, 7) is 0. The van der Waals surface area contributed by atoms with Gasteiger partial charge in [0.05, 0.1) is 16.1 Å². The average Bonchev–Trinajstić information content (AvgIpc) is 2.71. The Balaban J connectivity index is 2.24. The molecule has 15 heavy (non-hydrogen) atoms. The summed E-state index contributed by atoms with van der Waals surface area (Å²) in [5.41, 5.74) is 3.67. The van der Waals surface area contributed by atoms with Gasteiger partial charge in [0.15, 0.2) is 0 Å². The summed E-state index contributed by atoms with van der Waals surface area (Å²) in [5.74, 6) is 0.109. The molecule has 0 atom stereocenters. The highest BCUT2D eigenvalue weighted by Crippen LogP contribution is 2.23. The third-order valence-electron chi connectivity index (χ3n) is 1.98. The van der Waals surface area contributed by atoms with E-state index in [1.54, 1.807) is 23.0 Å². The van der Waals surface area contributed by atoms with Crippen molar-refractivity contribution in [2.45, 2.75) is 5.75 Å². The summed E-state index contributed by atoms with van der Waals surface area (Å²) in [7, 11) is -2.34. The van der Waals surface area contributed by atoms with Gasteiger partial charge >= 0.3 is 0 Å². The highest BCUT2D eigenvalue weighted by atomic mass is 32.2. The number of rotatable bonds is 3. The number of thiazole rings is 1. The van der Waals surface area contributed by atoms with Crippen molar-refractivity contribution in [2.75, 3.05) is 0 Å². The summed E-state index contributed by atoms with van der Waals surface area (Å²) in [6, 6.07) is 7.50. The minimum atomic E-state index is -2.34. The fourth-order valence-electron chi connectivity index (χ4n) is 1.28. The van der Waals surface area contributed by atoms with Crippen molar-refractivity contribution < 1.29 is 8.42 Å². The Morgan fingerprint density at radius 2 is 1.93 bits per heavy atom. The van der Waals surface area contributed by atoms with E-state index < -0.39 is 10.7 Å². The van der Waals surface area contributed by atoms with Crippen LogP contribution in [0.3, 0.4) is 0 Å². The first-order valence-corrected chi connectivity index (χ1v) is 6.59. The van der Waals surface area contributed by atoms with E-state index in [0.717, 1.165) is 16.0 Å². The Morgan fingerprint density at radius 1 is 1.20 bits per heavy atom. The van der Waals surface area contributed by atoms with E-state index >= 15 is 0 Å². The maximum absolute atomic E-state index is 10.5. The molecule has 0 amide bonds. The summed E-state index contributed by atoms with van der Waals surface area (Å²) < 4.78 is 21.0. The number of aromatic nitrogens is 1. The maximum atomic E-state index is 10.5. The van der Waals surface area contributed by atoms with Gasteiger partial charge in [-0.15, -0.1) is 11.3 Å². The lowest BCUT2D eigenvalue weighted by Gasteiger charge is -1.98. The van der Waals surface area contributed by atoms with Gasteiger partial charge in [-0.25, -0.2) is 8.42 Å². The number of thiol groups is 1. The molecule has 78 valence electrons. The molecule has 0 saturated carbocycles. The van der Waals surface area contributed by atoms with Gasteiger partial charge in [0.25, 0.3) is 0 Å². The zero-order chi connectivity index (χ0) is 10.7. The van der Waals surface area contributed by atoms with Gasteiger partial charge in [0.2, 0.25) is 0 Å². The van der Waals surface area contributed by atoms with Crippen molar-refractivity contribution in [3.63, 3.8) is 0 Å². The van der Waals surface area contributed by atoms with Crippen LogP contribution < -0.4 is 0 Å². The van der Waals surface area contributed by atoms with Crippen LogP contribution in [0, 0.1) is 0 Å². The van der Waals surface area contributed by atoms with Crippen molar-refractivity contribution in [1.82, 2.24) is 4.98 Å². The van der Waals surface area contributed by atoms with E-state index in [1.807, 2.05) is 24.3 Å². The van der Waals surface area contributed by atoms with Gasteiger partial charge in [-0.1, -0.05) is 24.3 Å². The largest absolute Gasteiger partial charge is 0.252 e. The van der Waals surface area contributed by atoms with Crippen molar-refractivity contribution in [3.05, 3.63) is 41.5 Å². The second-order valence-corrected chi connectivity index (χ2v) is 4.92. The van der Waals surface area contributed by atoms with Crippen LogP contribution in [0.4, 0.5) is 0 Å². The van der Waals surface area contributed by atoms with Crippen LogP contribution in [0.15, 0.2) is 36.0 Å². The summed E-state index contributed by atoms with van der Waals surface area (Å²) in [6.07, 6.45) is 1.80. The Hall–Kier alpha value is -1.20. The quantitative estimate of drug-likeness (QED) is 0.832. The van der Waals surface area contributed by atoms with Gasteiger partial charge < -0.3 is 0 Å². The summed E-state index contributed by atoms with van der Waals surface area (Å²) in [5, 5.41) is 0. The number of hydrogen-bond donors (Lipinski definition) is 1. The molecule has 0 radical (unpaired) electrons. The van der Waals surface area contributed by atoms with Gasteiger partial charge in [-0.05, 0) is 11.1 Å². The Labute approximate surface area is 93.4 Å². The second-order valence-electron chi connectivity index (χ2n) is 3.05. The van der Waals surface area contributed by atoms with Crippen LogP contribution in [0.2, 0.25) is 0 Å². The van der Waals surface area contributed by atoms with Gasteiger partial charge in [-0.3, -0.25) is 4.98 Å². The first-order chi connectivity index (χ1) is 7.25. The normalized spacial score (nSPS) is 10.7. The third kappa shape index (κ3) is 2.64. The predicted octanol–water partition coefficient (Wildman–Crippen LogP) is 1.92. The summed E-state index contributed by atoms with van der Waals surface area (Å²) >= 11 is 1.57. The molecule has 1 aromatic carbocycles. The minimum absolute atomic E-state index is 0.109. The van der Waals surface area contributed by atoms with E-state index in [0.29, 0.717) is 0 Å². The monoisotopic (exact) mass is 239 g/mol. The molecule has 0 bridgehead atoms. The van der Waals surface area contributed by atoms with E-state index in [1.165, 1.54) is 0 Å². The first kappa shape index (κ1) is 10.3. The molecule has 0 spiro atoms. The molecular weight excluding hydrogens is 230 g/mol. The fourth-order valence-corrected chi connectivity index (χ4v) is 2.42. The first-order valence-electron chi connectivity index (χ1n) is 4.35. The standard InChI is InChI=1S/C10H9NO2S2/c12-15(13)6-8-1-3-9(4-2-8)10-5-11-7-14-10/h1-5,7,15H,6H2. The zero-order valence-electron chi connectivity index (χ0n) is 7.79. The molecule has 1 aromatic heterocycles. The molecule has 0 aliphatic carbocycles. The predicted molar refractivity (Wildman–Crippen MR) is 61.6 cm³/mol. The molecule has 1 heterocycles. The lowest BCUT2D eigenvalue weighted by Crippen LogP contribution is -1.85. The molecule has 0 unspecified atom stereocenters. The molecule has 5 heteroatoms. The van der Waals surface area contributed by atoms with E-state index in [4.69, 9.17) is 0 Å². The minimum Gasteiger partial charge on any atom is -0.252 e. The molecule has 0 aliphatic heterocycles. The average molecular weight is 239 g/mol. The lowest BCUT2D eigenvalue weighted by atomic mass is 10.1. The van der Waals surface area contributed by atoms with Crippen molar-refractivity contribution in [3.8, 4) is 10.4 Å². The fraction of sp³-hybridized carbons (Fsp3) is 0.100. The van der Waals surface area contributed by atoms with Crippen LogP contribution in [0.25, 0.3) is 10.4 Å². The van der Waals surface area contributed by atoms with Gasteiger partial charge in [0, 0.05) is 6.20 Å². The molecule has 0 N–H and O–H groups in total. The van der Waals surface area contributed by atoms with E-state index in [-0.39, 0.29) is 5.75 Å². The molecular formula is C10H9NO2S2. The van der Waals surface area contributed by atoms with Crippen LogP contribution in [-0.4, -0.2) is 13.4 Å². The Kier molecular flexibility index (Phi) is 3.13. The van der Waals surface area contributed by atoms with Crippen LogP contribution in [-0.2, 0) is 16.5 Å². The lowest BCUT2D eigenvalue weighted by molar-refractivity contribution is 0.614. The summed E-state index contributed by atoms with van der Waals surface area (Å²) in [4.78, 5) is 5.08. The smallest absolute Gasteiger partial charge is 0.144 e. The molecule has 0 saturated heterocycles. The highest BCUT2D eigenvalue weighted by molar-refractivity contribution is 7.71. The van der Waals surface area contributed by atoms with Crippen molar-refractivity contribution in [2.24, 2.45) is 0 Å². The number of nitrogens with zero attached hydrogens (tertiary/aromatic N) is 1. The SMILES string of the molecule is O=[SH](=O)Cc1ccc(-c2cncs2)cc1. The van der Waals surface area contributed by atoms with Crippen molar-refractivity contribution in [1.29, 1.82) is 0 Å².